The van der Waals surface area contributed by atoms with Crippen LogP contribution in [0.1, 0.15) is 12.8 Å². The first-order valence-electron chi connectivity index (χ1n) is 6.76. The number of amides is 2. The number of halogens is 1. The second-order valence-corrected chi connectivity index (χ2v) is 5.01. The zero-order chi connectivity index (χ0) is 14.2. The third-order valence-electron chi connectivity index (χ3n) is 2.98. The number of urea groups is 1. The van der Waals surface area contributed by atoms with Crippen LogP contribution in [0.5, 0.6) is 5.75 Å². The van der Waals surface area contributed by atoms with Gasteiger partial charge in [-0.15, -0.1) is 0 Å². The minimum absolute atomic E-state index is 0.158. The number of carbonyl (C=O) groups excluding carboxylic acids is 1. The molecule has 0 aliphatic carbocycles. The highest BCUT2D eigenvalue weighted by atomic mass is 35.5. The van der Waals surface area contributed by atoms with Crippen molar-refractivity contribution in [2.75, 3.05) is 26.3 Å². The zero-order valence-electron chi connectivity index (χ0n) is 11.2. The average Bonchev–Trinajstić information content (AvgIpc) is 2.96. The molecule has 1 fully saturated rings. The van der Waals surface area contributed by atoms with Crippen molar-refractivity contribution in [3.05, 3.63) is 29.3 Å². The number of carbonyl (C=O) groups is 1. The molecule has 110 valence electrons. The van der Waals surface area contributed by atoms with Crippen LogP contribution in [0.15, 0.2) is 24.3 Å². The SMILES string of the molecule is O=C(NCCOc1ccc(Cl)cc1)NCC1CCCO1. The molecule has 1 atom stereocenters. The summed E-state index contributed by atoms with van der Waals surface area (Å²) in [7, 11) is 0. The monoisotopic (exact) mass is 298 g/mol. The summed E-state index contributed by atoms with van der Waals surface area (Å²) in [6.45, 7) is 2.21. The van der Waals surface area contributed by atoms with Crippen molar-refractivity contribution >= 4 is 17.6 Å². The summed E-state index contributed by atoms with van der Waals surface area (Å²) in [6.07, 6.45) is 2.24. The van der Waals surface area contributed by atoms with E-state index in [-0.39, 0.29) is 12.1 Å². The summed E-state index contributed by atoms with van der Waals surface area (Å²) in [5, 5.41) is 6.18. The first-order valence-corrected chi connectivity index (χ1v) is 7.13. The van der Waals surface area contributed by atoms with E-state index in [0.29, 0.717) is 24.7 Å². The molecule has 1 aromatic rings. The highest BCUT2D eigenvalue weighted by Gasteiger charge is 2.15. The fourth-order valence-electron chi connectivity index (χ4n) is 1.94. The quantitative estimate of drug-likeness (QED) is 0.792. The summed E-state index contributed by atoms with van der Waals surface area (Å²) in [5.74, 6) is 0.732. The molecule has 6 heteroatoms. The Labute approximate surface area is 123 Å². The Balaban J connectivity index is 1.53. The Hall–Kier alpha value is -1.46. The van der Waals surface area contributed by atoms with Crippen molar-refractivity contribution in [3.63, 3.8) is 0 Å². The van der Waals surface area contributed by atoms with E-state index in [9.17, 15) is 4.79 Å². The number of ether oxygens (including phenoxy) is 2. The molecule has 1 unspecified atom stereocenters. The minimum Gasteiger partial charge on any atom is -0.492 e. The normalized spacial score (nSPS) is 17.8. The van der Waals surface area contributed by atoms with Crippen molar-refractivity contribution in [1.82, 2.24) is 10.6 Å². The maximum atomic E-state index is 11.5. The lowest BCUT2D eigenvalue weighted by atomic mass is 10.2. The van der Waals surface area contributed by atoms with Crippen LogP contribution >= 0.6 is 11.6 Å². The fraction of sp³-hybridized carbons (Fsp3) is 0.500. The van der Waals surface area contributed by atoms with Crippen molar-refractivity contribution in [3.8, 4) is 5.75 Å². The lowest BCUT2D eigenvalue weighted by Crippen LogP contribution is -2.41. The summed E-state index contributed by atoms with van der Waals surface area (Å²) in [6, 6.07) is 6.91. The van der Waals surface area contributed by atoms with Gasteiger partial charge in [0, 0.05) is 18.2 Å². The van der Waals surface area contributed by atoms with Gasteiger partial charge in [-0.3, -0.25) is 0 Å². The molecule has 2 amide bonds. The first-order chi connectivity index (χ1) is 9.74. The van der Waals surface area contributed by atoms with Crippen LogP contribution < -0.4 is 15.4 Å². The second kappa shape index (κ2) is 7.97. The highest BCUT2D eigenvalue weighted by molar-refractivity contribution is 6.30. The predicted molar refractivity (Wildman–Crippen MR) is 77.3 cm³/mol. The van der Waals surface area contributed by atoms with Gasteiger partial charge >= 0.3 is 6.03 Å². The Bertz CT molecular complexity index is 419. The topological polar surface area (TPSA) is 59.6 Å². The van der Waals surface area contributed by atoms with Gasteiger partial charge in [-0.1, -0.05) is 11.6 Å². The first kappa shape index (κ1) is 14.9. The molecular formula is C14H19ClN2O3. The lowest BCUT2D eigenvalue weighted by Gasteiger charge is -2.12. The van der Waals surface area contributed by atoms with E-state index >= 15 is 0 Å². The molecule has 1 aliphatic heterocycles. The second-order valence-electron chi connectivity index (χ2n) is 4.57. The molecule has 2 rings (SSSR count). The van der Waals surface area contributed by atoms with Crippen molar-refractivity contribution in [2.24, 2.45) is 0 Å². The highest BCUT2D eigenvalue weighted by Crippen LogP contribution is 2.15. The fourth-order valence-corrected chi connectivity index (χ4v) is 2.06. The van der Waals surface area contributed by atoms with Gasteiger partial charge in [-0.2, -0.15) is 0 Å². The van der Waals surface area contributed by atoms with Crippen molar-refractivity contribution in [2.45, 2.75) is 18.9 Å². The standard InChI is InChI=1S/C14H19ClN2O3/c15-11-3-5-12(6-4-11)20-9-7-16-14(18)17-10-13-2-1-8-19-13/h3-6,13H,1-2,7-10H2,(H2,16,17,18). The van der Waals surface area contributed by atoms with Crippen LogP contribution in [0.25, 0.3) is 0 Å². The van der Waals surface area contributed by atoms with Crippen molar-refractivity contribution < 1.29 is 14.3 Å². The van der Waals surface area contributed by atoms with Gasteiger partial charge in [0.25, 0.3) is 0 Å². The number of hydrogen-bond donors (Lipinski definition) is 2. The lowest BCUT2D eigenvalue weighted by molar-refractivity contribution is 0.111. The summed E-state index contributed by atoms with van der Waals surface area (Å²) >= 11 is 5.77. The molecule has 0 bridgehead atoms. The maximum Gasteiger partial charge on any atom is 0.315 e. The van der Waals surface area contributed by atoms with Crippen LogP contribution in [-0.2, 0) is 4.74 Å². The number of hydrogen-bond acceptors (Lipinski definition) is 3. The van der Waals surface area contributed by atoms with Crippen LogP contribution in [0.3, 0.4) is 0 Å². The smallest absolute Gasteiger partial charge is 0.315 e. The van der Waals surface area contributed by atoms with E-state index in [1.54, 1.807) is 24.3 Å². The van der Waals surface area contributed by atoms with Gasteiger partial charge in [0.1, 0.15) is 12.4 Å². The molecule has 2 N–H and O–H groups in total. The molecule has 0 radical (unpaired) electrons. The van der Waals surface area contributed by atoms with Gasteiger partial charge in [0.2, 0.25) is 0 Å². The van der Waals surface area contributed by atoms with Gasteiger partial charge in [-0.25, -0.2) is 4.79 Å². The molecule has 5 nitrogen and oxygen atoms in total. The third kappa shape index (κ3) is 5.27. The van der Waals surface area contributed by atoms with Crippen LogP contribution in [-0.4, -0.2) is 38.4 Å². The van der Waals surface area contributed by atoms with Crippen LogP contribution in [0, 0.1) is 0 Å². The van der Waals surface area contributed by atoms with Gasteiger partial charge in [-0.05, 0) is 37.1 Å². The van der Waals surface area contributed by atoms with E-state index < -0.39 is 0 Å². The molecule has 0 aromatic heterocycles. The zero-order valence-corrected chi connectivity index (χ0v) is 12.0. The summed E-state index contributed by atoms with van der Waals surface area (Å²) in [5.41, 5.74) is 0. The minimum atomic E-state index is -0.194. The number of rotatable bonds is 6. The predicted octanol–water partition coefficient (Wildman–Crippen LogP) is 2.20. The van der Waals surface area contributed by atoms with Gasteiger partial charge in [0.05, 0.1) is 12.6 Å². The molecule has 1 saturated heterocycles. The molecule has 20 heavy (non-hydrogen) atoms. The Morgan fingerprint density at radius 1 is 1.35 bits per heavy atom. The molecule has 1 aliphatic rings. The number of nitrogens with one attached hydrogen (secondary N) is 2. The molecule has 1 aromatic carbocycles. The third-order valence-corrected chi connectivity index (χ3v) is 3.24. The van der Waals surface area contributed by atoms with E-state index in [1.165, 1.54) is 0 Å². The number of benzene rings is 1. The Morgan fingerprint density at radius 3 is 2.85 bits per heavy atom. The van der Waals surface area contributed by atoms with Crippen LogP contribution in [0.4, 0.5) is 4.79 Å². The molecule has 0 saturated carbocycles. The van der Waals surface area contributed by atoms with Crippen LogP contribution in [0.2, 0.25) is 5.02 Å². The van der Waals surface area contributed by atoms with Gasteiger partial charge in [0.15, 0.2) is 0 Å². The average molecular weight is 299 g/mol. The largest absolute Gasteiger partial charge is 0.492 e. The van der Waals surface area contributed by atoms with Gasteiger partial charge < -0.3 is 20.1 Å². The van der Waals surface area contributed by atoms with Crippen molar-refractivity contribution in [1.29, 1.82) is 0 Å². The maximum absolute atomic E-state index is 11.5. The van der Waals surface area contributed by atoms with E-state index in [4.69, 9.17) is 21.1 Å². The van der Waals surface area contributed by atoms with E-state index in [2.05, 4.69) is 10.6 Å². The Morgan fingerprint density at radius 2 is 2.15 bits per heavy atom. The molecule has 0 spiro atoms. The van der Waals surface area contributed by atoms with E-state index in [0.717, 1.165) is 25.2 Å². The van der Waals surface area contributed by atoms with E-state index in [1.807, 2.05) is 0 Å². The summed E-state index contributed by atoms with van der Waals surface area (Å²) in [4.78, 5) is 11.5. The molecular weight excluding hydrogens is 280 g/mol. The molecule has 1 heterocycles. The Kier molecular flexibility index (Phi) is 5.95. The summed E-state index contributed by atoms with van der Waals surface area (Å²) < 4.78 is 10.9.